The van der Waals surface area contributed by atoms with Gasteiger partial charge in [-0.2, -0.15) is 13.2 Å². The van der Waals surface area contributed by atoms with E-state index < -0.39 is 17.6 Å². The molecular formula is C33H35F3N8O2. The van der Waals surface area contributed by atoms with Crippen molar-refractivity contribution in [1.29, 1.82) is 0 Å². The zero-order chi connectivity index (χ0) is 32.8. The fourth-order valence-corrected chi connectivity index (χ4v) is 5.25. The van der Waals surface area contributed by atoms with Gasteiger partial charge in [-0.15, -0.1) is 0 Å². The number of hydrogen-bond acceptors (Lipinski definition) is 8. The second-order valence-electron chi connectivity index (χ2n) is 11.1. The van der Waals surface area contributed by atoms with Gasteiger partial charge < -0.3 is 20.9 Å². The largest absolute Gasteiger partial charge is 0.416 e. The average molecular weight is 633 g/mol. The summed E-state index contributed by atoms with van der Waals surface area (Å²) in [5, 5.41) is 8.50. The Kier molecular flexibility index (Phi) is 9.93. The zero-order valence-electron chi connectivity index (χ0n) is 25.8. The van der Waals surface area contributed by atoms with Crippen LogP contribution in [0.3, 0.4) is 0 Å². The summed E-state index contributed by atoms with van der Waals surface area (Å²) in [5.41, 5.74) is 2.21. The summed E-state index contributed by atoms with van der Waals surface area (Å²) in [4.78, 5) is 41.9. The second kappa shape index (κ2) is 14.0. The molecule has 2 aromatic heterocycles. The third-order valence-corrected chi connectivity index (χ3v) is 7.79. The quantitative estimate of drug-likeness (QED) is 0.207. The fourth-order valence-electron chi connectivity index (χ4n) is 5.25. The molecule has 46 heavy (non-hydrogen) atoms. The highest BCUT2D eigenvalue weighted by Crippen LogP contribution is 2.35. The van der Waals surface area contributed by atoms with Crippen LogP contribution in [-0.2, 0) is 17.5 Å². The van der Waals surface area contributed by atoms with Crippen LogP contribution in [0.25, 0.3) is 11.3 Å². The van der Waals surface area contributed by atoms with Gasteiger partial charge in [-0.3, -0.25) is 14.5 Å². The SMILES string of the molecule is CCN1CCN(Cc2ccc(NC(=O)c3ccc(C)c(Nc4ncccc4-c4cc(NC(C)=O)ncn4)c3)cc2C(F)(F)F)CC1. The lowest BCUT2D eigenvalue weighted by atomic mass is 10.0. The summed E-state index contributed by atoms with van der Waals surface area (Å²) in [6.45, 7) is 9.45. The van der Waals surface area contributed by atoms with Gasteiger partial charge in [0.15, 0.2) is 0 Å². The van der Waals surface area contributed by atoms with Crippen molar-refractivity contribution in [2.75, 3.05) is 48.7 Å². The van der Waals surface area contributed by atoms with Gasteiger partial charge in [0.25, 0.3) is 5.91 Å². The molecule has 1 aliphatic rings. The van der Waals surface area contributed by atoms with Gasteiger partial charge in [0.1, 0.15) is 18.0 Å². The zero-order valence-corrected chi connectivity index (χ0v) is 25.8. The number of nitrogens with zero attached hydrogens (tertiary/aromatic N) is 5. The molecule has 10 nitrogen and oxygen atoms in total. The molecule has 3 N–H and O–H groups in total. The number of pyridine rings is 1. The molecule has 4 aromatic rings. The van der Waals surface area contributed by atoms with Crippen molar-refractivity contribution in [1.82, 2.24) is 24.8 Å². The Morgan fingerprint density at radius 2 is 1.67 bits per heavy atom. The number of benzene rings is 2. The molecule has 2 aromatic carbocycles. The minimum atomic E-state index is -4.57. The van der Waals surface area contributed by atoms with Crippen molar-refractivity contribution < 1.29 is 22.8 Å². The van der Waals surface area contributed by atoms with E-state index in [4.69, 9.17) is 0 Å². The fraction of sp³-hybridized carbons (Fsp3) is 0.303. The molecule has 3 heterocycles. The lowest BCUT2D eigenvalue weighted by molar-refractivity contribution is -0.138. The van der Waals surface area contributed by atoms with E-state index in [1.807, 2.05) is 11.8 Å². The molecule has 13 heteroatoms. The molecule has 5 rings (SSSR count). The monoisotopic (exact) mass is 632 g/mol. The van der Waals surface area contributed by atoms with Crippen LogP contribution in [-0.4, -0.2) is 69.3 Å². The molecule has 1 saturated heterocycles. The van der Waals surface area contributed by atoms with Crippen LogP contribution in [0.15, 0.2) is 67.1 Å². The number of nitrogens with one attached hydrogen (secondary N) is 3. The first-order valence-electron chi connectivity index (χ1n) is 14.9. The van der Waals surface area contributed by atoms with Crippen molar-refractivity contribution >= 4 is 34.8 Å². The van der Waals surface area contributed by atoms with E-state index in [2.05, 4.69) is 42.7 Å². The summed E-state index contributed by atoms with van der Waals surface area (Å²) in [5.74, 6) is -0.0565. The number of anilines is 4. The Bertz CT molecular complexity index is 1720. The van der Waals surface area contributed by atoms with E-state index in [0.29, 0.717) is 41.7 Å². The Morgan fingerprint density at radius 1 is 0.913 bits per heavy atom. The van der Waals surface area contributed by atoms with E-state index >= 15 is 0 Å². The first-order valence-corrected chi connectivity index (χ1v) is 14.9. The minimum Gasteiger partial charge on any atom is -0.339 e. The van der Waals surface area contributed by atoms with E-state index in [0.717, 1.165) is 31.3 Å². The van der Waals surface area contributed by atoms with Gasteiger partial charge in [0.2, 0.25) is 5.91 Å². The number of carbonyl (C=O) groups is 2. The first-order chi connectivity index (χ1) is 22.0. The molecule has 1 fully saturated rings. The van der Waals surface area contributed by atoms with Gasteiger partial charge in [-0.1, -0.05) is 19.1 Å². The Balaban J connectivity index is 1.34. The number of alkyl halides is 3. The van der Waals surface area contributed by atoms with Crippen LogP contribution >= 0.6 is 0 Å². The van der Waals surface area contributed by atoms with Crippen molar-refractivity contribution in [2.45, 2.75) is 33.5 Å². The molecule has 0 aliphatic carbocycles. The molecule has 0 spiro atoms. The molecule has 2 amide bonds. The predicted molar refractivity (Wildman–Crippen MR) is 171 cm³/mol. The molecule has 0 radical (unpaired) electrons. The molecule has 0 bridgehead atoms. The number of amides is 2. The smallest absolute Gasteiger partial charge is 0.339 e. The van der Waals surface area contributed by atoms with Gasteiger partial charge in [0, 0.05) is 74.4 Å². The van der Waals surface area contributed by atoms with Crippen LogP contribution < -0.4 is 16.0 Å². The van der Waals surface area contributed by atoms with Gasteiger partial charge in [-0.25, -0.2) is 15.0 Å². The molecule has 0 unspecified atom stereocenters. The normalized spacial score (nSPS) is 14.1. The second-order valence-corrected chi connectivity index (χ2v) is 11.1. The van der Waals surface area contributed by atoms with Crippen LogP contribution in [0.5, 0.6) is 0 Å². The van der Waals surface area contributed by atoms with Crippen molar-refractivity contribution in [3.63, 3.8) is 0 Å². The van der Waals surface area contributed by atoms with Crippen LogP contribution in [0.2, 0.25) is 0 Å². The topological polar surface area (TPSA) is 115 Å². The summed E-state index contributed by atoms with van der Waals surface area (Å²) >= 11 is 0. The summed E-state index contributed by atoms with van der Waals surface area (Å²) in [7, 11) is 0. The number of aromatic nitrogens is 3. The van der Waals surface area contributed by atoms with E-state index in [-0.39, 0.29) is 29.3 Å². The predicted octanol–water partition coefficient (Wildman–Crippen LogP) is 5.96. The minimum absolute atomic E-state index is 0.0534. The van der Waals surface area contributed by atoms with E-state index in [1.54, 1.807) is 42.6 Å². The van der Waals surface area contributed by atoms with Crippen LogP contribution in [0, 0.1) is 6.92 Å². The highest BCUT2D eigenvalue weighted by atomic mass is 19.4. The number of carbonyl (C=O) groups excluding carboxylic acids is 2. The molecule has 0 atom stereocenters. The Morgan fingerprint density at radius 3 is 2.39 bits per heavy atom. The van der Waals surface area contributed by atoms with Gasteiger partial charge >= 0.3 is 6.18 Å². The molecular weight excluding hydrogens is 597 g/mol. The Hall–Kier alpha value is -4.88. The Labute approximate surface area is 265 Å². The number of likely N-dealkylation sites (N-methyl/N-ethyl adjacent to an activating group) is 1. The van der Waals surface area contributed by atoms with E-state index in [9.17, 15) is 22.8 Å². The third-order valence-electron chi connectivity index (χ3n) is 7.79. The van der Waals surface area contributed by atoms with E-state index in [1.165, 1.54) is 25.4 Å². The average Bonchev–Trinajstić information content (AvgIpc) is 3.02. The van der Waals surface area contributed by atoms with Crippen molar-refractivity contribution in [2.24, 2.45) is 0 Å². The number of rotatable bonds is 9. The summed E-state index contributed by atoms with van der Waals surface area (Å²) in [6, 6.07) is 14.1. The molecule has 1 aliphatic heterocycles. The van der Waals surface area contributed by atoms with Crippen LogP contribution in [0.1, 0.15) is 40.9 Å². The highest BCUT2D eigenvalue weighted by molar-refractivity contribution is 6.05. The highest BCUT2D eigenvalue weighted by Gasteiger charge is 2.34. The summed E-state index contributed by atoms with van der Waals surface area (Å²) < 4.78 is 42.4. The maximum Gasteiger partial charge on any atom is 0.416 e. The maximum absolute atomic E-state index is 14.1. The van der Waals surface area contributed by atoms with Crippen molar-refractivity contribution in [3.05, 3.63) is 89.4 Å². The maximum atomic E-state index is 14.1. The van der Waals surface area contributed by atoms with Crippen molar-refractivity contribution in [3.8, 4) is 11.3 Å². The number of piperazine rings is 1. The first kappa shape index (κ1) is 32.5. The third kappa shape index (κ3) is 8.03. The van der Waals surface area contributed by atoms with Gasteiger partial charge in [0.05, 0.1) is 11.3 Å². The number of aryl methyl sites for hydroxylation is 1. The lowest BCUT2D eigenvalue weighted by Gasteiger charge is -2.34. The molecule has 240 valence electrons. The standard InChI is InChI=1S/C33H35F3N8O2/c1-4-43-12-14-44(15-13-43)19-24-9-10-25(17-27(24)33(34,35)36)41-32(46)23-8-7-21(2)28(16-23)42-31-26(6-5-11-37-31)29-18-30(39-20-38-29)40-22(3)45/h5-11,16-18,20H,4,12-15,19H2,1-3H3,(H,37,42)(H,41,46)(H,38,39,40,45). The summed E-state index contributed by atoms with van der Waals surface area (Å²) in [6.07, 6.45) is -1.65. The van der Waals surface area contributed by atoms with Gasteiger partial charge in [-0.05, 0) is 61.0 Å². The number of hydrogen-bond donors (Lipinski definition) is 3. The lowest BCUT2D eigenvalue weighted by Crippen LogP contribution is -2.45. The molecule has 0 saturated carbocycles. The number of halogens is 3. The van der Waals surface area contributed by atoms with Crippen LogP contribution in [0.4, 0.5) is 36.2 Å².